The molecule has 21 heavy (non-hydrogen) atoms. The summed E-state index contributed by atoms with van der Waals surface area (Å²) in [7, 11) is 0. The van der Waals surface area contributed by atoms with Gasteiger partial charge in [-0.1, -0.05) is 48.5 Å². The van der Waals surface area contributed by atoms with Gasteiger partial charge in [0, 0.05) is 11.3 Å². The van der Waals surface area contributed by atoms with E-state index in [2.05, 4.69) is 31.9 Å². The molecule has 0 unspecified atom stereocenters. The Labute approximate surface area is 121 Å². The number of nitrogens with zero attached hydrogens (tertiary/aromatic N) is 4. The summed E-state index contributed by atoms with van der Waals surface area (Å²) in [4.78, 5) is 4.65. The van der Waals surface area contributed by atoms with Gasteiger partial charge in [-0.25, -0.2) is 4.98 Å². The van der Waals surface area contributed by atoms with E-state index in [1.807, 2.05) is 54.6 Å². The van der Waals surface area contributed by atoms with E-state index in [9.17, 15) is 0 Å². The molecule has 100 valence electrons. The monoisotopic (exact) mass is 272 g/mol. The average molecular weight is 272 g/mol. The molecule has 0 aliphatic carbocycles. The number of imidazole rings is 1. The van der Waals surface area contributed by atoms with Gasteiger partial charge in [-0.15, -0.1) is 5.10 Å². The molecule has 0 radical (unpaired) electrons. The Morgan fingerprint density at radius 1 is 0.762 bits per heavy atom. The molecule has 2 heterocycles. The predicted octanol–water partition coefficient (Wildman–Crippen LogP) is 3.48. The Morgan fingerprint density at radius 2 is 1.48 bits per heavy atom. The highest BCUT2D eigenvalue weighted by molar-refractivity contribution is 5.79. The van der Waals surface area contributed by atoms with Crippen LogP contribution in [0.5, 0.6) is 0 Å². The highest BCUT2D eigenvalue weighted by atomic mass is 15.2. The smallest absolute Gasteiger partial charge is 0.200 e. The van der Waals surface area contributed by atoms with Crippen LogP contribution in [0.3, 0.4) is 0 Å². The number of fused-ring (bicyclic) bond motifs is 1. The van der Waals surface area contributed by atoms with Gasteiger partial charge in [-0.2, -0.15) is 5.10 Å². The third-order valence-electron chi connectivity index (χ3n) is 3.39. The Balaban J connectivity index is 2.07. The maximum Gasteiger partial charge on any atom is 0.200 e. The molecule has 2 aromatic carbocycles. The van der Waals surface area contributed by atoms with Gasteiger partial charge >= 0.3 is 0 Å². The van der Waals surface area contributed by atoms with Gasteiger partial charge in [0.25, 0.3) is 0 Å². The van der Waals surface area contributed by atoms with Crippen molar-refractivity contribution in [3.05, 3.63) is 72.9 Å². The van der Waals surface area contributed by atoms with Crippen LogP contribution in [0.4, 0.5) is 0 Å². The van der Waals surface area contributed by atoms with E-state index in [1.54, 1.807) is 6.20 Å². The lowest BCUT2D eigenvalue weighted by Gasteiger charge is -2.08. The topological polar surface area (TPSA) is 43.6 Å². The molecule has 4 aromatic rings. The van der Waals surface area contributed by atoms with Crippen LogP contribution in [-0.4, -0.2) is 19.7 Å². The van der Waals surface area contributed by atoms with Crippen LogP contribution in [0.15, 0.2) is 72.9 Å². The third kappa shape index (κ3) is 1.97. The number of aromatic nitrogens is 4. The normalized spacial score (nSPS) is 10.9. The molecule has 4 heteroatoms. The minimum atomic E-state index is 0.653. The Kier molecular flexibility index (Phi) is 2.71. The first-order chi connectivity index (χ1) is 10.4. The summed E-state index contributed by atoms with van der Waals surface area (Å²) >= 11 is 0. The summed E-state index contributed by atoms with van der Waals surface area (Å²) < 4.78 is 2.11. The van der Waals surface area contributed by atoms with Gasteiger partial charge in [0.05, 0.1) is 11.7 Å². The largest absolute Gasteiger partial charge is 0.291 e. The summed E-state index contributed by atoms with van der Waals surface area (Å²) in [5.74, 6) is 0.873. The average Bonchev–Trinajstić information content (AvgIpc) is 2.96. The van der Waals surface area contributed by atoms with Crippen molar-refractivity contribution in [2.45, 2.75) is 0 Å². The van der Waals surface area contributed by atoms with Crippen LogP contribution in [0.25, 0.3) is 28.2 Å². The van der Waals surface area contributed by atoms with Crippen molar-refractivity contribution < 1.29 is 0 Å². The van der Waals surface area contributed by atoms with E-state index in [-0.39, 0.29) is 0 Å². The Bertz CT molecular complexity index is 882. The van der Waals surface area contributed by atoms with E-state index in [1.165, 1.54) is 0 Å². The highest BCUT2D eigenvalue weighted by Crippen LogP contribution is 2.26. The van der Waals surface area contributed by atoms with E-state index < -0.39 is 0 Å². The second kappa shape index (κ2) is 4.83. The molecule has 0 amide bonds. The summed E-state index contributed by atoms with van der Waals surface area (Å²) in [6, 6.07) is 22.2. The fraction of sp³-hybridized carbons (Fsp3) is 0. The first-order valence-corrected chi connectivity index (χ1v) is 6.74. The van der Waals surface area contributed by atoms with Crippen molar-refractivity contribution >= 4 is 11.2 Å². The first-order valence-electron chi connectivity index (χ1n) is 6.74. The van der Waals surface area contributed by atoms with Crippen LogP contribution in [0.1, 0.15) is 0 Å². The standard InChI is InChI=1S/C17H12N4/c1-3-7-13(8-4-1)17-19-16-15(11-12-18-20-16)21(17)14-9-5-2-6-10-14/h1-12H. The number of para-hydroxylation sites is 1. The maximum absolute atomic E-state index is 4.65. The highest BCUT2D eigenvalue weighted by Gasteiger charge is 2.14. The van der Waals surface area contributed by atoms with Crippen molar-refractivity contribution in [3.63, 3.8) is 0 Å². The van der Waals surface area contributed by atoms with Gasteiger partial charge in [0.1, 0.15) is 5.82 Å². The quantitative estimate of drug-likeness (QED) is 0.561. The number of rotatable bonds is 2. The molecule has 0 fully saturated rings. The zero-order valence-electron chi connectivity index (χ0n) is 11.2. The number of benzene rings is 2. The zero-order valence-corrected chi connectivity index (χ0v) is 11.2. The molecule has 0 atom stereocenters. The second-order valence-electron chi connectivity index (χ2n) is 4.71. The molecule has 0 N–H and O–H groups in total. The van der Waals surface area contributed by atoms with Crippen LogP contribution in [0, 0.1) is 0 Å². The molecular formula is C17H12N4. The van der Waals surface area contributed by atoms with E-state index in [0.717, 1.165) is 22.6 Å². The van der Waals surface area contributed by atoms with Crippen molar-refractivity contribution in [1.82, 2.24) is 19.7 Å². The van der Waals surface area contributed by atoms with Crippen LogP contribution < -0.4 is 0 Å². The van der Waals surface area contributed by atoms with Crippen LogP contribution in [-0.2, 0) is 0 Å². The maximum atomic E-state index is 4.65. The lowest BCUT2D eigenvalue weighted by Crippen LogP contribution is -1.97. The minimum absolute atomic E-state index is 0.653. The van der Waals surface area contributed by atoms with Crippen molar-refractivity contribution in [2.75, 3.05) is 0 Å². The molecule has 0 bridgehead atoms. The van der Waals surface area contributed by atoms with Crippen molar-refractivity contribution in [3.8, 4) is 17.1 Å². The SMILES string of the molecule is c1ccc(-c2nc3nnccc3n2-c2ccccc2)cc1. The molecule has 4 rings (SSSR count). The van der Waals surface area contributed by atoms with Gasteiger partial charge in [0.15, 0.2) is 0 Å². The lowest BCUT2D eigenvalue weighted by atomic mass is 10.2. The van der Waals surface area contributed by atoms with E-state index in [0.29, 0.717) is 5.65 Å². The molecule has 0 aliphatic rings. The fourth-order valence-corrected chi connectivity index (χ4v) is 2.46. The second-order valence-corrected chi connectivity index (χ2v) is 4.71. The Hall–Kier alpha value is -3.01. The van der Waals surface area contributed by atoms with E-state index in [4.69, 9.17) is 0 Å². The predicted molar refractivity (Wildman–Crippen MR) is 82.1 cm³/mol. The summed E-state index contributed by atoms with van der Waals surface area (Å²) in [6.45, 7) is 0. The lowest BCUT2D eigenvalue weighted by molar-refractivity contribution is 1.06. The van der Waals surface area contributed by atoms with Gasteiger partial charge in [0.2, 0.25) is 5.65 Å². The van der Waals surface area contributed by atoms with Gasteiger partial charge in [-0.3, -0.25) is 4.57 Å². The van der Waals surface area contributed by atoms with Gasteiger partial charge in [-0.05, 0) is 18.2 Å². The summed E-state index contributed by atoms with van der Waals surface area (Å²) in [5.41, 5.74) is 3.72. The van der Waals surface area contributed by atoms with E-state index >= 15 is 0 Å². The molecule has 0 spiro atoms. The number of hydrogen-bond acceptors (Lipinski definition) is 3. The Morgan fingerprint density at radius 3 is 2.24 bits per heavy atom. The molecule has 0 aliphatic heterocycles. The minimum Gasteiger partial charge on any atom is -0.291 e. The first kappa shape index (κ1) is 11.8. The molecule has 4 nitrogen and oxygen atoms in total. The van der Waals surface area contributed by atoms with Crippen LogP contribution in [0.2, 0.25) is 0 Å². The zero-order chi connectivity index (χ0) is 14.1. The fourth-order valence-electron chi connectivity index (χ4n) is 2.46. The number of hydrogen-bond donors (Lipinski definition) is 0. The summed E-state index contributed by atoms with van der Waals surface area (Å²) in [6.07, 6.45) is 1.69. The molecule has 0 saturated carbocycles. The van der Waals surface area contributed by atoms with Crippen molar-refractivity contribution in [2.24, 2.45) is 0 Å². The molecule has 0 saturated heterocycles. The molecule has 2 aromatic heterocycles. The summed E-state index contributed by atoms with van der Waals surface area (Å²) in [5, 5.41) is 8.06. The third-order valence-corrected chi connectivity index (χ3v) is 3.39. The van der Waals surface area contributed by atoms with Gasteiger partial charge < -0.3 is 0 Å². The van der Waals surface area contributed by atoms with Crippen LogP contribution >= 0.6 is 0 Å². The molecular weight excluding hydrogens is 260 g/mol. The van der Waals surface area contributed by atoms with Crippen molar-refractivity contribution in [1.29, 1.82) is 0 Å².